The van der Waals surface area contributed by atoms with Gasteiger partial charge in [0, 0.05) is 48.0 Å². The van der Waals surface area contributed by atoms with Gasteiger partial charge in [0.05, 0.1) is 17.1 Å². The molecule has 3 heteroatoms. The minimum absolute atomic E-state index is 0.128. The minimum atomic E-state index is 0.128. The van der Waals surface area contributed by atoms with Gasteiger partial charge in [-0.05, 0) is 105 Å². The lowest BCUT2D eigenvalue weighted by atomic mass is 9.92. The molecular weight excluding hydrogens is 757 g/mol. The molecule has 0 bridgehead atoms. The lowest BCUT2D eigenvalue weighted by Crippen LogP contribution is -2.30. The van der Waals surface area contributed by atoms with Crippen molar-refractivity contribution in [2.45, 2.75) is 12.5 Å². The molecule has 1 atom stereocenters. The fourth-order valence-corrected chi connectivity index (χ4v) is 10.8. The largest absolute Gasteiger partial charge is 0.334 e. The van der Waals surface area contributed by atoms with Gasteiger partial charge in [0.25, 0.3) is 0 Å². The fraction of sp³-hybridized carbons (Fsp3) is 0.0345. The van der Waals surface area contributed by atoms with Crippen LogP contribution >= 0.6 is 11.3 Å². The van der Waals surface area contributed by atoms with Crippen molar-refractivity contribution < 1.29 is 0 Å². The predicted molar refractivity (Wildman–Crippen MR) is 263 cm³/mol. The molecule has 9 aromatic carbocycles. The third-order valence-corrected chi connectivity index (χ3v) is 13.6. The summed E-state index contributed by atoms with van der Waals surface area (Å²) >= 11 is 1.88. The van der Waals surface area contributed by atoms with Gasteiger partial charge < -0.3 is 9.47 Å². The third kappa shape index (κ3) is 6.08. The van der Waals surface area contributed by atoms with Gasteiger partial charge in [0.2, 0.25) is 0 Å². The van der Waals surface area contributed by atoms with E-state index in [4.69, 9.17) is 0 Å². The van der Waals surface area contributed by atoms with Crippen LogP contribution in [0.5, 0.6) is 0 Å². The van der Waals surface area contributed by atoms with E-state index in [1.807, 2.05) is 11.3 Å². The second kappa shape index (κ2) is 14.7. The van der Waals surface area contributed by atoms with Crippen LogP contribution in [0.4, 0.5) is 11.4 Å². The summed E-state index contributed by atoms with van der Waals surface area (Å²) in [4.78, 5) is 2.55. The first-order valence-electron chi connectivity index (χ1n) is 21.1. The highest BCUT2D eigenvalue weighted by Crippen LogP contribution is 2.44. The summed E-state index contributed by atoms with van der Waals surface area (Å²) < 4.78 is 5.07. The molecule has 288 valence electrons. The van der Waals surface area contributed by atoms with Crippen molar-refractivity contribution in [3.05, 3.63) is 230 Å². The van der Waals surface area contributed by atoms with Crippen LogP contribution in [0.2, 0.25) is 0 Å². The lowest BCUT2D eigenvalue weighted by Gasteiger charge is -2.34. The van der Waals surface area contributed by atoms with E-state index in [0.717, 1.165) is 12.1 Å². The number of anilines is 2. The van der Waals surface area contributed by atoms with Crippen LogP contribution < -0.4 is 4.90 Å². The van der Waals surface area contributed by atoms with Crippen LogP contribution in [-0.2, 0) is 0 Å². The molecule has 0 saturated carbocycles. The number of para-hydroxylation sites is 1. The van der Waals surface area contributed by atoms with Crippen LogP contribution in [-0.4, -0.2) is 10.6 Å². The van der Waals surface area contributed by atoms with Crippen LogP contribution in [0, 0.1) is 0 Å². The number of benzene rings is 9. The summed E-state index contributed by atoms with van der Waals surface area (Å²) in [6.45, 7) is 0. The van der Waals surface area contributed by atoms with Gasteiger partial charge in [-0.3, -0.25) is 0 Å². The number of rotatable bonds is 7. The van der Waals surface area contributed by atoms with Gasteiger partial charge in [-0.25, -0.2) is 0 Å². The van der Waals surface area contributed by atoms with Crippen LogP contribution in [0.25, 0.3) is 86.3 Å². The van der Waals surface area contributed by atoms with E-state index in [1.165, 1.54) is 97.5 Å². The average molecular weight is 797 g/mol. The number of fused-ring (bicyclic) bond motifs is 8. The summed E-state index contributed by atoms with van der Waals surface area (Å²) in [6.07, 6.45) is 8.00. The van der Waals surface area contributed by atoms with Gasteiger partial charge in [-0.2, -0.15) is 0 Å². The highest BCUT2D eigenvalue weighted by Gasteiger charge is 2.24. The maximum absolute atomic E-state index is 2.55. The summed E-state index contributed by atoms with van der Waals surface area (Å²) in [7, 11) is 0. The lowest BCUT2D eigenvalue weighted by molar-refractivity contribution is 0.788. The normalized spacial score (nSPS) is 14.0. The number of aromatic nitrogens is 1. The topological polar surface area (TPSA) is 8.17 Å². The van der Waals surface area contributed by atoms with Gasteiger partial charge in [0.15, 0.2) is 0 Å². The minimum Gasteiger partial charge on any atom is -0.334 e. The number of hydrogen-bond acceptors (Lipinski definition) is 2. The molecule has 1 aliphatic carbocycles. The van der Waals surface area contributed by atoms with E-state index in [9.17, 15) is 0 Å². The Morgan fingerprint density at radius 1 is 0.459 bits per heavy atom. The SMILES string of the molecule is C1=CC(N(c2ccc(-c3cccc(-n4c5ccccc5c5c6ccccc6ccc54)c3)c(-c3ccccc3)c2)c2ccc3c(c2)sc2ccccc23)CC=C1c1ccccc1. The molecule has 0 aliphatic heterocycles. The molecule has 2 heterocycles. The fourth-order valence-electron chi connectivity index (χ4n) is 9.66. The Balaban J connectivity index is 1.01. The zero-order chi connectivity index (χ0) is 40.3. The van der Waals surface area contributed by atoms with Crippen molar-refractivity contribution in [1.82, 2.24) is 4.57 Å². The molecule has 0 radical (unpaired) electrons. The monoisotopic (exact) mass is 796 g/mol. The molecule has 12 rings (SSSR count). The van der Waals surface area contributed by atoms with Crippen LogP contribution in [0.3, 0.4) is 0 Å². The molecular formula is C58H40N2S. The van der Waals surface area contributed by atoms with E-state index >= 15 is 0 Å². The van der Waals surface area contributed by atoms with Gasteiger partial charge in [-0.15, -0.1) is 11.3 Å². The first-order chi connectivity index (χ1) is 30.2. The summed E-state index contributed by atoms with van der Waals surface area (Å²) in [5, 5.41) is 7.74. The molecule has 1 aliphatic rings. The zero-order valence-corrected chi connectivity index (χ0v) is 34.3. The third-order valence-electron chi connectivity index (χ3n) is 12.5. The van der Waals surface area contributed by atoms with E-state index < -0.39 is 0 Å². The number of nitrogens with zero attached hydrogens (tertiary/aromatic N) is 2. The molecule has 0 spiro atoms. The van der Waals surface area contributed by atoms with Crippen molar-refractivity contribution in [3.8, 4) is 27.9 Å². The number of thiophene rings is 1. The maximum atomic E-state index is 2.55. The Kier molecular flexibility index (Phi) is 8.53. The Labute approximate surface area is 359 Å². The van der Waals surface area contributed by atoms with Crippen LogP contribution in [0.15, 0.2) is 224 Å². The Morgan fingerprint density at radius 2 is 1.15 bits per heavy atom. The first-order valence-corrected chi connectivity index (χ1v) is 21.9. The number of hydrogen-bond donors (Lipinski definition) is 0. The quantitative estimate of drug-likeness (QED) is 0.156. The smallest absolute Gasteiger partial charge is 0.0560 e. The van der Waals surface area contributed by atoms with Crippen molar-refractivity contribution >= 4 is 81.0 Å². The van der Waals surface area contributed by atoms with E-state index in [-0.39, 0.29) is 6.04 Å². The number of allylic oxidation sites excluding steroid dienone is 2. The molecule has 0 amide bonds. The van der Waals surface area contributed by atoms with Crippen LogP contribution in [0.1, 0.15) is 12.0 Å². The molecule has 0 N–H and O–H groups in total. The highest BCUT2D eigenvalue weighted by molar-refractivity contribution is 7.25. The predicted octanol–water partition coefficient (Wildman–Crippen LogP) is 16.2. The van der Waals surface area contributed by atoms with Crippen molar-refractivity contribution in [1.29, 1.82) is 0 Å². The Bertz CT molecular complexity index is 3520. The maximum Gasteiger partial charge on any atom is 0.0560 e. The standard InChI is InChI=1S/C58H40N2S/c1-3-14-39(15-4-1)40-26-29-44(30-27-40)59(47-32-34-51-50-22-10-12-25-56(50)61-57(51)38-47)46-31-33-48(53(37-46)41-16-5-2-6-17-41)43-19-13-20-45(36-43)60-54-24-11-9-23-52(54)58-49-21-8-7-18-42(49)28-35-55(58)60/h1-29,31-38,44H,30H2. The molecule has 61 heavy (non-hydrogen) atoms. The highest BCUT2D eigenvalue weighted by atomic mass is 32.1. The first kappa shape index (κ1) is 35.5. The second-order valence-electron chi connectivity index (χ2n) is 16.0. The molecule has 2 nitrogen and oxygen atoms in total. The second-order valence-corrected chi connectivity index (χ2v) is 17.1. The summed E-state index contributed by atoms with van der Waals surface area (Å²) in [5.41, 5.74) is 13.2. The molecule has 0 saturated heterocycles. The summed E-state index contributed by atoms with van der Waals surface area (Å²) in [6, 6.07) is 75.9. The van der Waals surface area contributed by atoms with Crippen molar-refractivity contribution in [3.63, 3.8) is 0 Å². The molecule has 1 unspecified atom stereocenters. The van der Waals surface area contributed by atoms with Crippen molar-refractivity contribution in [2.24, 2.45) is 0 Å². The Hall–Kier alpha value is -7.46. The van der Waals surface area contributed by atoms with E-state index in [0.29, 0.717) is 0 Å². The zero-order valence-electron chi connectivity index (χ0n) is 33.4. The van der Waals surface area contributed by atoms with Crippen molar-refractivity contribution in [2.75, 3.05) is 4.90 Å². The van der Waals surface area contributed by atoms with Gasteiger partial charge in [0.1, 0.15) is 0 Å². The molecule has 0 fully saturated rings. The Morgan fingerprint density at radius 3 is 1.98 bits per heavy atom. The summed E-state index contributed by atoms with van der Waals surface area (Å²) in [5.74, 6) is 0. The average Bonchev–Trinajstić information content (AvgIpc) is 3.88. The van der Waals surface area contributed by atoms with Gasteiger partial charge >= 0.3 is 0 Å². The van der Waals surface area contributed by atoms with Gasteiger partial charge in [-0.1, -0.05) is 170 Å². The van der Waals surface area contributed by atoms with E-state index in [2.05, 4.69) is 234 Å². The van der Waals surface area contributed by atoms with E-state index in [1.54, 1.807) is 0 Å². The molecule has 11 aromatic rings. The molecule has 2 aromatic heterocycles.